The number of thiophene rings is 1. The van der Waals surface area contributed by atoms with Gasteiger partial charge in [-0.25, -0.2) is 0 Å². The van der Waals surface area contributed by atoms with E-state index in [1.165, 1.54) is 11.3 Å². The molecule has 0 saturated carbocycles. The Hall–Kier alpha value is -0.710. The van der Waals surface area contributed by atoms with E-state index in [0.29, 0.717) is 12.6 Å². The van der Waals surface area contributed by atoms with E-state index in [1.807, 2.05) is 17.5 Å². The van der Waals surface area contributed by atoms with Gasteiger partial charge in [0.05, 0.1) is 11.4 Å². The Morgan fingerprint density at radius 1 is 1.53 bits per heavy atom. The number of rotatable bonds is 3. The predicted octanol–water partition coefficient (Wildman–Crippen LogP) is 1.35. The van der Waals surface area contributed by atoms with Crippen molar-refractivity contribution in [1.82, 2.24) is 4.90 Å². The second-order valence-electron chi connectivity index (χ2n) is 4.01. The number of ketones is 1. The van der Waals surface area contributed by atoms with Crippen LogP contribution in [0.5, 0.6) is 0 Å². The zero-order valence-electron chi connectivity index (χ0n) is 8.69. The van der Waals surface area contributed by atoms with Crippen molar-refractivity contribution in [2.24, 2.45) is 5.73 Å². The second kappa shape index (κ2) is 4.88. The first-order chi connectivity index (χ1) is 7.25. The first-order valence-corrected chi connectivity index (χ1v) is 6.18. The summed E-state index contributed by atoms with van der Waals surface area (Å²) in [7, 11) is 0. The minimum Gasteiger partial charge on any atom is -0.328 e. The summed E-state index contributed by atoms with van der Waals surface area (Å²) in [4.78, 5) is 14.9. The Morgan fingerprint density at radius 3 is 2.87 bits per heavy atom. The second-order valence-corrected chi connectivity index (χ2v) is 4.96. The number of carbonyl (C=O) groups is 1. The highest BCUT2D eigenvalue weighted by Gasteiger charge is 2.18. The molecule has 0 spiro atoms. The maximum Gasteiger partial charge on any atom is 0.186 e. The van der Waals surface area contributed by atoms with Crippen molar-refractivity contribution in [2.75, 3.05) is 19.6 Å². The number of nitrogens with zero attached hydrogens (tertiary/aromatic N) is 1. The van der Waals surface area contributed by atoms with Gasteiger partial charge in [0.25, 0.3) is 0 Å². The molecule has 0 amide bonds. The number of carbonyl (C=O) groups excluding carboxylic acids is 1. The lowest BCUT2D eigenvalue weighted by atomic mass is 10.1. The topological polar surface area (TPSA) is 46.3 Å². The minimum atomic E-state index is 0.237. The van der Waals surface area contributed by atoms with Crippen LogP contribution in [0.25, 0.3) is 0 Å². The van der Waals surface area contributed by atoms with Crippen molar-refractivity contribution >= 4 is 17.1 Å². The molecule has 0 atom stereocenters. The van der Waals surface area contributed by atoms with Crippen LogP contribution in [-0.4, -0.2) is 36.4 Å². The van der Waals surface area contributed by atoms with Crippen LogP contribution < -0.4 is 5.73 Å². The van der Waals surface area contributed by atoms with Crippen molar-refractivity contribution in [3.8, 4) is 0 Å². The van der Waals surface area contributed by atoms with Gasteiger partial charge in [0.2, 0.25) is 0 Å². The van der Waals surface area contributed by atoms with Gasteiger partial charge >= 0.3 is 0 Å². The lowest BCUT2D eigenvalue weighted by Crippen LogP contribution is -2.41. The Kier molecular flexibility index (Phi) is 3.51. The molecular weight excluding hydrogens is 208 g/mol. The van der Waals surface area contributed by atoms with Gasteiger partial charge in [-0.15, -0.1) is 11.3 Å². The summed E-state index contributed by atoms with van der Waals surface area (Å²) >= 11 is 1.52. The lowest BCUT2D eigenvalue weighted by molar-refractivity contribution is 0.0914. The number of hydrogen-bond donors (Lipinski definition) is 1. The predicted molar refractivity (Wildman–Crippen MR) is 62.3 cm³/mol. The molecule has 1 aromatic heterocycles. The van der Waals surface area contributed by atoms with Crippen LogP contribution in [0.15, 0.2) is 17.5 Å². The molecule has 82 valence electrons. The standard InChI is InChI=1S/C11H16N2OS/c12-9-3-5-13(6-4-9)8-10(14)11-2-1-7-15-11/h1-2,7,9H,3-6,8,12H2. The molecule has 1 saturated heterocycles. The summed E-state index contributed by atoms with van der Waals surface area (Å²) in [6.07, 6.45) is 2.02. The molecule has 2 heterocycles. The van der Waals surface area contributed by atoms with Gasteiger partial charge in [-0.3, -0.25) is 9.69 Å². The smallest absolute Gasteiger partial charge is 0.186 e. The maximum atomic E-state index is 11.8. The SMILES string of the molecule is NC1CCN(CC(=O)c2cccs2)CC1. The Balaban J connectivity index is 1.85. The molecule has 2 rings (SSSR count). The van der Waals surface area contributed by atoms with Gasteiger partial charge in [0.1, 0.15) is 0 Å². The fourth-order valence-corrected chi connectivity index (χ4v) is 2.49. The quantitative estimate of drug-likeness (QED) is 0.788. The fraction of sp³-hybridized carbons (Fsp3) is 0.545. The molecule has 2 N–H and O–H groups in total. The number of Topliss-reactive ketones (excluding diaryl/α,β-unsaturated/α-hetero) is 1. The van der Waals surface area contributed by atoms with E-state index in [1.54, 1.807) is 0 Å². The highest BCUT2D eigenvalue weighted by atomic mass is 32.1. The highest BCUT2D eigenvalue weighted by molar-refractivity contribution is 7.12. The van der Waals surface area contributed by atoms with Crippen LogP contribution in [0, 0.1) is 0 Å². The Morgan fingerprint density at radius 2 is 2.27 bits per heavy atom. The normalized spacial score (nSPS) is 19.3. The number of piperidine rings is 1. The zero-order valence-corrected chi connectivity index (χ0v) is 9.50. The van der Waals surface area contributed by atoms with Crippen LogP contribution in [0.3, 0.4) is 0 Å². The molecule has 1 aliphatic rings. The van der Waals surface area contributed by atoms with Gasteiger partial charge in [-0.1, -0.05) is 6.07 Å². The first kappa shape index (κ1) is 10.8. The van der Waals surface area contributed by atoms with E-state index >= 15 is 0 Å². The summed E-state index contributed by atoms with van der Waals surface area (Å²) in [5.41, 5.74) is 5.81. The van der Waals surface area contributed by atoms with E-state index in [0.717, 1.165) is 30.8 Å². The molecule has 1 fully saturated rings. The van der Waals surface area contributed by atoms with Crippen molar-refractivity contribution < 1.29 is 4.79 Å². The molecule has 0 unspecified atom stereocenters. The number of hydrogen-bond acceptors (Lipinski definition) is 4. The highest BCUT2D eigenvalue weighted by Crippen LogP contribution is 2.13. The van der Waals surface area contributed by atoms with Gasteiger partial charge in [0, 0.05) is 19.1 Å². The Bertz CT molecular complexity index is 315. The summed E-state index contributed by atoms with van der Waals surface area (Å²) in [5.74, 6) is 0.237. The van der Waals surface area contributed by atoms with Crippen molar-refractivity contribution in [3.05, 3.63) is 22.4 Å². The van der Waals surface area contributed by atoms with E-state index in [2.05, 4.69) is 4.90 Å². The van der Waals surface area contributed by atoms with E-state index in [-0.39, 0.29) is 5.78 Å². The lowest BCUT2D eigenvalue weighted by Gasteiger charge is -2.29. The molecule has 1 aromatic rings. The average Bonchev–Trinajstić information content (AvgIpc) is 2.74. The molecule has 0 radical (unpaired) electrons. The monoisotopic (exact) mass is 224 g/mol. The van der Waals surface area contributed by atoms with E-state index < -0.39 is 0 Å². The van der Waals surface area contributed by atoms with Crippen LogP contribution >= 0.6 is 11.3 Å². The van der Waals surface area contributed by atoms with Crippen LogP contribution in [0.2, 0.25) is 0 Å². The molecule has 4 heteroatoms. The summed E-state index contributed by atoms with van der Waals surface area (Å²) < 4.78 is 0. The van der Waals surface area contributed by atoms with E-state index in [9.17, 15) is 4.79 Å². The molecular formula is C11H16N2OS. The fourth-order valence-electron chi connectivity index (χ4n) is 1.83. The number of likely N-dealkylation sites (tertiary alicyclic amines) is 1. The van der Waals surface area contributed by atoms with Crippen LogP contribution in [0.4, 0.5) is 0 Å². The van der Waals surface area contributed by atoms with Gasteiger partial charge in [-0.2, -0.15) is 0 Å². The third-order valence-electron chi connectivity index (χ3n) is 2.80. The van der Waals surface area contributed by atoms with Gasteiger partial charge in [0.15, 0.2) is 5.78 Å². The van der Waals surface area contributed by atoms with Crippen molar-refractivity contribution in [3.63, 3.8) is 0 Å². The van der Waals surface area contributed by atoms with Crippen LogP contribution in [-0.2, 0) is 0 Å². The van der Waals surface area contributed by atoms with Gasteiger partial charge < -0.3 is 5.73 Å². The summed E-state index contributed by atoms with van der Waals surface area (Å²) in [5, 5.41) is 1.94. The van der Waals surface area contributed by atoms with Gasteiger partial charge in [-0.05, 0) is 24.3 Å². The summed E-state index contributed by atoms with van der Waals surface area (Å²) in [6.45, 7) is 2.46. The minimum absolute atomic E-state index is 0.237. The third kappa shape index (κ3) is 2.87. The maximum absolute atomic E-state index is 11.8. The third-order valence-corrected chi connectivity index (χ3v) is 3.71. The molecule has 1 aliphatic heterocycles. The molecule has 15 heavy (non-hydrogen) atoms. The van der Waals surface area contributed by atoms with Crippen molar-refractivity contribution in [1.29, 1.82) is 0 Å². The first-order valence-electron chi connectivity index (χ1n) is 5.30. The Labute approximate surface area is 93.9 Å². The van der Waals surface area contributed by atoms with Crippen LogP contribution in [0.1, 0.15) is 22.5 Å². The largest absolute Gasteiger partial charge is 0.328 e. The molecule has 3 nitrogen and oxygen atoms in total. The average molecular weight is 224 g/mol. The summed E-state index contributed by atoms with van der Waals surface area (Å²) in [6, 6.07) is 4.14. The zero-order chi connectivity index (χ0) is 10.7. The van der Waals surface area contributed by atoms with Crippen molar-refractivity contribution in [2.45, 2.75) is 18.9 Å². The molecule has 0 aromatic carbocycles. The number of nitrogens with two attached hydrogens (primary N) is 1. The molecule has 0 aliphatic carbocycles. The van der Waals surface area contributed by atoms with E-state index in [4.69, 9.17) is 5.73 Å². The molecule has 0 bridgehead atoms.